The lowest BCUT2D eigenvalue weighted by Crippen LogP contribution is -2.11. The minimum atomic E-state index is 0.0903. The van der Waals surface area contributed by atoms with Crippen molar-refractivity contribution in [1.29, 1.82) is 0 Å². The van der Waals surface area contributed by atoms with Gasteiger partial charge in [-0.3, -0.25) is 0 Å². The molecule has 2 aromatic heterocycles. The fourth-order valence-corrected chi connectivity index (χ4v) is 2.91. The van der Waals surface area contributed by atoms with Crippen molar-refractivity contribution in [2.24, 2.45) is 0 Å². The third-order valence-corrected chi connectivity index (χ3v) is 3.91. The van der Waals surface area contributed by atoms with Crippen LogP contribution in [-0.2, 0) is 18.3 Å². The lowest BCUT2D eigenvalue weighted by atomic mass is 9.93. The van der Waals surface area contributed by atoms with Crippen LogP contribution in [0.25, 0.3) is 0 Å². The standard InChI is InChI=1S/C14H20N4S/c1-5-9-10(16-8-17-13(9)15)6-12-18-11(7-19-12)14(2,3)4/h7-8H,5-6H2,1-4H3,(H2,15,16,17). The summed E-state index contributed by atoms with van der Waals surface area (Å²) in [6, 6.07) is 0. The van der Waals surface area contributed by atoms with Crippen LogP contribution < -0.4 is 5.73 Å². The fraction of sp³-hybridized carbons (Fsp3) is 0.500. The van der Waals surface area contributed by atoms with Gasteiger partial charge in [-0.25, -0.2) is 15.0 Å². The molecule has 0 unspecified atom stereocenters. The van der Waals surface area contributed by atoms with E-state index in [9.17, 15) is 0 Å². The summed E-state index contributed by atoms with van der Waals surface area (Å²) in [6.07, 6.45) is 3.11. The van der Waals surface area contributed by atoms with E-state index in [-0.39, 0.29) is 5.41 Å². The molecule has 0 radical (unpaired) electrons. The number of nitrogen functional groups attached to an aromatic ring is 1. The summed E-state index contributed by atoms with van der Waals surface area (Å²) in [5, 5.41) is 3.21. The summed E-state index contributed by atoms with van der Waals surface area (Å²) in [7, 11) is 0. The fourth-order valence-electron chi connectivity index (χ4n) is 1.88. The minimum Gasteiger partial charge on any atom is -0.383 e. The van der Waals surface area contributed by atoms with Crippen molar-refractivity contribution < 1.29 is 0 Å². The van der Waals surface area contributed by atoms with Gasteiger partial charge in [-0.15, -0.1) is 11.3 Å². The van der Waals surface area contributed by atoms with Gasteiger partial charge >= 0.3 is 0 Å². The molecule has 0 amide bonds. The Labute approximate surface area is 118 Å². The number of aromatic nitrogens is 3. The molecular weight excluding hydrogens is 256 g/mol. The van der Waals surface area contributed by atoms with Crippen LogP contribution in [0.3, 0.4) is 0 Å². The molecule has 0 fully saturated rings. The average Bonchev–Trinajstić information content (AvgIpc) is 2.77. The molecule has 102 valence electrons. The number of hydrogen-bond donors (Lipinski definition) is 1. The van der Waals surface area contributed by atoms with Crippen LogP contribution in [0.4, 0.5) is 5.82 Å². The molecule has 2 rings (SSSR count). The zero-order valence-electron chi connectivity index (χ0n) is 11.9. The number of rotatable bonds is 3. The predicted octanol–water partition coefficient (Wildman–Crippen LogP) is 2.97. The zero-order chi connectivity index (χ0) is 14.0. The van der Waals surface area contributed by atoms with E-state index in [2.05, 4.69) is 43.0 Å². The smallest absolute Gasteiger partial charge is 0.130 e. The second-order valence-corrected chi connectivity index (χ2v) is 6.53. The number of nitrogens with zero attached hydrogens (tertiary/aromatic N) is 3. The van der Waals surface area contributed by atoms with Crippen LogP contribution in [0, 0.1) is 0 Å². The minimum absolute atomic E-state index is 0.0903. The summed E-state index contributed by atoms with van der Waals surface area (Å²) >= 11 is 1.68. The summed E-state index contributed by atoms with van der Waals surface area (Å²) < 4.78 is 0. The van der Waals surface area contributed by atoms with Crippen molar-refractivity contribution in [2.75, 3.05) is 5.73 Å². The monoisotopic (exact) mass is 276 g/mol. The molecule has 4 nitrogen and oxygen atoms in total. The van der Waals surface area contributed by atoms with Gasteiger partial charge in [0.2, 0.25) is 0 Å². The molecule has 2 heterocycles. The van der Waals surface area contributed by atoms with Gasteiger partial charge in [-0.05, 0) is 6.42 Å². The molecule has 19 heavy (non-hydrogen) atoms. The molecular formula is C14H20N4S. The van der Waals surface area contributed by atoms with Crippen molar-refractivity contribution in [2.45, 2.75) is 46.0 Å². The van der Waals surface area contributed by atoms with E-state index in [1.807, 2.05) is 0 Å². The lowest BCUT2D eigenvalue weighted by Gasteiger charge is -2.14. The first kappa shape index (κ1) is 13.9. The molecule has 0 saturated carbocycles. The Hall–Kier alpha value is -1.49. The third kappa shape index (κ3) is 3.10. The van der Waals surface area contributed by atoms with Gasteiger partial charge in [0.15, 0.2) is 0 Å². The Kier molecular flexibility index (Phi) is 3.85. The molecule has 0 aromatic carbocycles. The zero-order valence-corrected chi connectivity index (χ0v) is 12.7. The largest absolute Gasteiger partial charge is 0.383 e. The lowest BCUT2D eigenvalue weighted by molar-refractivity contribution is 0.571. The third-order valence-electron chi connectivity index (χ3n) is 3.06. The quantitative estimate of drug-likeness (QED) is 0.936. The Morgan fingerprint density at radius 2 is 2.00 bits per heavy atom. The van der Waals surface area contributed by atoms with Crippen LogP contribution in [0.1, 0.15) is 49.7 Å². The van der Waals surface area contributed by atoms with Crippen molar-refractivity contribution in [1.82, 2.24) is 15.0 Å². The number of anilines is 1. The Bertz CT molecular complexity index is 569. The first-order valence-electron chi connectivity index (χ1n) is 6.45. The highest BCUT2D eigenvalue weighted by Crippen LogP contribution is 2.25. The van der Waals surface area contributed by atoms with Gasteiger partial charge in [0, 0.05) is 22.8 Å². The molecule has 0 bridgehead atoms. The van der Waals surface area contributed by atoms with Crippen LogP contribution >= 0.6 is 11.3 Å². The Morgan fingerprint density at radius 3 is 2.58 bits per heavy atom. The first-order chi connectivity index (χ1) is 8.91. The van der Waals surface area contributed by atoms with Crippen molar-refractivity contribution in [3.63, 3.8) is 0 Å². The number of thiazole rings is 1. The normalized spacial score (nSPS) is 11.8. The summed E-state index contributed by atoms with van der Waals surface area (Å²) in [6.45, 7) is 8.59. The number of hydrogen-bond acceptors (Lipinski definition) is 5. The van der Waals surface area contributed by atoms with E-state index in [4.69, 9.17) is 10.7 Å². The summed E-state index contributed by atoms with van der Waals surface area (Å²) in [4.78, 5) is 13.1. The van der Waals surface area contributed by atoms with E-state index >= 15 is 0 Å². The van der Waals surface area contributed by atoms with Gasteiger partial charge in [0.1, 0.15) is 12.1 Å². The maximum Gasteiger partial charge on any atom is 0.130 e. The molecule has 0 aliphatic heterocycles. The van der Waals surface area contributed by atoms with Crippen molar-refractivity contribution >= 4 is 17.2 Å². The molecule has 2 N–H and O–H groups in total. The predicted molar refractivity (Wildman–Crippen MR) is 79.4 cm³/mol. The Balaban J connectivity index is 2.27. The average molecular weight is 276 g/mol. The van der Waals surface area contributed by atoms with Gasteiger partial charge < -0.3 is 5.73 Å². The molecule has 0 aliphatic rings. The van der Waals surface area contributed by atoms with Gasteiger partial charge in [-0.2, -0.15) is 0 Å². The maximum absolute atomic E-state index is 5.89. The molecule has 0 saturated heterocycles. The van der Waals surface area contributed by atoms with Crippen LogP contribution in [0.15, 0.2) is 11.7 Å². The Morgan fingerprint density at radius 1 is 1.26 bits per heavy atom. The molecule has 2 aromatic rings. The second-order valence-electron chi connectivity index (χ2n) is 5.59. The van der Waals surface area contributed by atoms with Crippen LogP contribution in [0.5, 0.6) is 0 Å². The molecule has 5 heteroatoms. The SMILES string of the molecule is CCc1c(N)ncnc1Cc1nc(C(C)(C)C)cs1. The summed E-state index contributed by atoms with van der Waals surface area (Å²) in [5.41, 5.74) is 9.14. The van der Waals surface area contributed by atoms with Gasteiger partial charge in [0.05, 0.1) is 16.4 Å². The molecule has 0 aliphatic carbocycles. The second kappa shape index (κ2) is 5.25. The highest BCUT2D eigenvalue weighted by atomic mass is 32.1. The van der Waals surface area contributed by atoms with Gasteiger partial charge in [0.25, 0.3) is 0 Å². The number of nitrogens with two attached hydrogens (primary N) is 1. The highest BCUT2D eigenvalue weighted by molar-refractivity contribution is 7.09. The topological polar surface area (TPSA) is 64.7 Å². The van der Waals surface area contributed by atoms with Crippen LogP contribution in [-0.4, -0.2) is 15.0 Å². The maximum atomic E-state index is 5.89. The van der Waals surface area contributed by atoms with E-state index in [1.165, 1.54) is 6.33 Å². The van der Waals surface area contributed by atoms with E-state index < -0.39 is 0 Å². The van der Waals surface area contributed by atoms with Gasteiger partial charge in [-0.1, -0.05) is 27.7 Å². The first-order valence-corrected chi connectivity index (χ1v) is 7.33. The summed E-state index contributed by atoms with van der Waals surface area (Å²) in [5.74, 6) is 0.583. The van der Waals surface area contributed by atoms with E-state index in [1.54, 1.807) is 11.3 Å². The van der Waals surface area contributed by atoms with Crippen molar-refractivity contribution in [3.05, 3.63) is 33.7 Å². The van der Waals surface area contributed by atoms with E-state index in [0.29, 0.717) is 5.82 Å². The van der Waals surface area contributed by atoms with Crippen LogP contribution in [0.2, 0.25) is 0 Å². The highest BCUT2D eigenvalue weighted by Gasteiger charge is 2.18. The van der Waals surface area contributed by atoms with E-state index in [0.717, 1.165) is 34.8 Å². The van der Waals surface area contributed by atoms with Crippen molar-refractivity contribution in [3.8, 4) is 0 Å². The molecule has 0 atom stereocenters. The molecule has 0 spiro atoms.